The summed E-state index contributed by atoms with van der Waals surface area (Å²) in [6.07, 6.45) is 3.44. The Hall–Kier alpha value is -1.37. The third kappa shape index (κ3) is 2.28. The van der Waals surface area contributed by atoms with Crippen LogP contribution >= 0.6 is 0 Å². The molecule has 0 aromatic heterocycles. The Bertz CT molecular complexity index is 324. The fourth-order valence-electron chi connectivity index (χ4n) is 1.41. The number of hydrogen-bond donors (Lipinski definition) is 0. The third-order valence-electron chi connectivity index (χ3n) is 2.14. The first kappa shape index (κ1) is 9.72. The van der Waals surface area contributed by atoms with Crippen molar-refractivity contribution in [3.63, 3.8) is 0 Å². The molecule has 0 amide bonds. The van der Waals surface area contributed by atoms with Gasteiger partial charge in [-0.25, -0.2) is 0 Å². The number of rotatable bonds is 3. The Morgan fingerprint density at radius 2 is 2.08 bits per heavy atom. The van der Waals surface area contributed by atoms with Gasteiger partial charge in [0.15, 0.2) is 0 Å². The standard InChI is InChI=1S/C12H14O/c1-3-11(8-9-13)12-7-5-4-6-10(12)2/h3-7,9H,8H2,1-2H3/b11-3-. The highest BCUT2D eigenvalue weighted by Gasteiger charge is 2.01. The van der Waals surface area contributed by atoms with Crippen LogP contribution < -0.4 is 0 Å². The minimum absolute atomic E-state index is 0.501. The van der Waals surface area contributed by atoms with Crippen LogP contribution in [0.5, 0.6) is 0 Å². The van der Waals surface area contributed by atoms with Gasteiger partial charge in [0.05, 0.1) is 0 Å². The SMILES string of the molecule is C/C=C(/CC=O)c1ccccc1C. The molecule has 0 saturated carbocycles. The quantitative estimate of drug-likeness (QED) is 0.644. The molecule has 0 aliphatic carbocycles. The van der Waals surface area contributed by atoms with Crippen molar-refractivity contribution in [1.29, 1.82) is 0 Å². The number of benzene rings is 1. The molecule has 1 nitrogen and oxygen atoms in total. The molecule has 0 aliphatic heterocycles. The van der Waals surface area contributed by atoms with Gasteiger partial charge in [-0.1, -0.05) is 30.3 Å². The molecule has 0 heterocycles. The van der Waals surface area contributed by atoms with E-state index in [1.807, 2.05) is 31.2 Å². The maximum absolute atomic E-state index is 10.4. The van der Waals surface area contributed by atoms with Crippen molar-refractivity contribution >= 4 is 11.9 Å². The van der Waals surface area contributed by atoms with Gasteiger partial charge in [0, 0.05) is 6.42 Å². The fourth-order valence-corrected chi connectivity index (χ4v) is 1.41. The van der Waals surface area contributed by atoms with E-state index in [1.165, 1.54) is 11.1 Å². The zero-order valence-electron chi connectivity index (χ0n) is 8.08. The van der Waals surface area contributed by atoms with E-state index in [-0.39, 0.29) is 0 Å². The first-order valence-corrected chi connectivity index (χ1v) is 4.44. The van der Waals surface area contributed by atoms with Crippen LogP contribution in [-0.2, 0) is 4.79 Å². The largest absolute Gasteiger partial charge is 0.303 e. The Morgan fingerprint density at radius 3 is 2.62 bits per heavy atom. The second kappa shape index (κ2) is 4.61. The fraction of sp³-hybridized carbons (Fsp3) is 0.250. The number of carbonyl (C=O) groups is 1. The Balaban J connectivity index is 3.05. The summed E-state index contributed by atoms with van der Waals surface area (Å²) in [6.45, 7) is 4.02. The van der Waals surface area contributed by atoms with E-state index in [4.69, 9.17) is 0 Å². The molecule has 0 bridgehead atoms. The van der Waals surface area contributed by atoms with Crippen molar-refractivity contribution in [1.82, 2.24) is 0 Å². The summed E-state index contributed by atoms with van der Waals surface area (Å²) in [4.78, 5) is 10.4. The summed E-state index contributed by atoms with van der Waals surface area (Å²) in [5.41, 5.74) is 3.50. The molecule has 1 heteroatoms. The predicted octanol–water partition coefficient (Wildman–Crippen LogP) is 2.99. The molecule has 1 aromatic rings. The molecule has 0 spiro atoms. The Labute approximate surface area is 79.1 Å². The van der Waals surface area contributed by atoms with Crippen LogP contribution in [0.15, 0.2) is 30.3 Å². The molecule has 0 fully saturated rings. The zero-order chi connectivity index (χ0) is 9.68. The zero-order valence-corrected chi connectivity index (χ0v) is 8.08. The van der Waals surface area contributed by atoms with Crippen molar-refractivity contribution in [3.05, 3.63) is 41.5 Å². The molecule has 1 rings (SSSR count). The first-order chi connectivity index (χ1) is 6.29. The lowest BCUT2D eigenvalue weighted by molar-refractivity contribution is -0.107. The molecule has 13 heavy (non-hydrogen) atoms. The van der Waals surface area contributed by atoms with E-state index >= 15 is 0 Å². The number of hydrogen-bond acceptors (Lipinski definition) is 1. The molecule has 0 N–H and O–H groups in total. The van der Waals surface area contributed by atoms with Crippen molar-refractivity contribution in [2.45, 2.75) is 20.3 Å². The molecule has 68 valence electrons. The number of allylic oxidation sites excluding steroid dienone is 2. The van der Waals surface area contributed by atoms with Gasteiger partial charge >= 0.3 is 0 Å². The van der Waals surface area contributed by atoms with Gasteiger partial charge in [-0.15, -0.1) is 0 Å². The molecule has 0 aliphatic rings. The van der Waals surface area contributed by atoms with E-state index in [0.717, 1.165) is 11.9 Å². The molecule has 0 atom stereocenters. The van der Waals surface area contributed by atoms with Crippen LogP contribution in [0.2, 0.25) is 0 Å². The molecule has 0 radical (unpaired) electrons. The summed E-state index contributed by atoms with van der Waals surface area (Å²) < 4.78 is 0. The highest BCUT2D eigenvalue weighted by molar-refractivity contribution is 5.78. The average molecular weight is 174 g/mol. The predicted molar refractivity (Wildman–Crippen MR) is 55.5 cm³/mol. The van der Waals surface area contributed by atoms with Crippen LogP contribution in [0, 0.1) is 6.92 Å². The molecule has 0 unspecified atom stereocenters. The van der Waals surface area contributed by atoms with E-state index in [0.29, 0.717) is 6.42 Å². The maximum atomic E-state index is 10.4. The summed E-state index contributed by atoms with van der Waals surface area (Å²) in [7, 11) is 0. The highest BCUT2D eigenvalue weighted by Crippen LogP contribution is 2.20. The Kier molecular flexibility index (Phi) is 3.44. The maximum Gasteiger partial charge on any atom is 0.124 e. The summed E-state index contributed by atoms with van der Waals surface area (Å²) in [5, 5.41) is 0. The number of aryl methyl sites for hydroxylation is 1. The third-order valence-corrected chi connectivity index (χ3v) is 2.14. The van der Waals surface area contributed by atoms with Gasteiger partial charge in [-0.3, -0.25) is 0 Å². The summed E-state index contributed by atoms with van der Waals surface area (Å²) >= 11 is 0. The van der Waals surface area contributed by atoms with E-state index in [1.54, 1.807) is 0 Å². The molecular weight excluding hydrogens is 160 g/mol. The van der Waals surface area contributed by atoms with Crippen LogP contribution in [0.4, 0.5) is 0 Å². The van der Waals surface area contributed by atoms with E-state index in [2.05, 4.69) is 13.0 Å². The normalized spacial score (nSPS) is 11.4. The Morgan fingerprint density at radius 1 is 1.38 bits per heavy atom. The van der Waals surface area contributed by atoms with Gasteiger partial charge in [0.2, 0.25) is 0 Å². The lowest BCUT2D eigenvalue weighted by Gasteiger charge is -2.06. The molecule has 0 saturated heterocycles. The number of aldehydes is 1. The van der Waals surface area contributed by atoms with Crippen LogP contribution in [0.1, 0.15) is 24.5 Å². The van der Waals surface area contributed by atoms with Gasteiger partial charge < -0.3 is 4.79 Å². The molecule has 1 aromatic carbocycles. The van der Waals surface area contributed by atoms with Gasteiger partial charge in [0.25, 0.3) is 0 Å². The van der Waals surface area contributed by atoms with E-state index < -0.39 is 0 Å². The average Bonchev–Trinajstić information content (AvgIpc) is 2.16. The van der Waals surface area contributed by atoms with Gasteiger partial charge in [-0.05, 0) is 30.5 Å². The minimum atomic E-state index is 0.501. The van der Waals surface area contributed by atoms with Crippen molar-refractivity contribution in [3.8, 4) is 0 Å². The smallest absolute Gasteiger partial charge is 0.124 e. The lowest BCUT2D eigenvalue weighted by Crippen LogP contribution is -1.89. The highest BCUT2D eigenvalue weighted by atomic mass is 16.1. The van der Waals surface area contributed by atoms with Crippen LogP contribution in [0.3, 0.4) is 0 Å². The second-order valence-electron chi connectivity index (χ2n) is 3.00. The first-order valence-electron chi connectivity index (χ1n) is 4.44. The summed E-state index contributed by atoms with van der Waals surface area (Å²) in [5.74, 6) is 0. The summed E-state index contributed by atoms with van der Waals surface area (Å²) in [6, 6.07) is 8.11. The van der Waals surface area contributed by atoms with Crippen molar-refractivity contribution in [2.75, 3.05) is 0 Å². The number of carbonyl (C=O) groups excluding carboxylic acids is 1. The molecular formula is C12H14O. The van der Waals surface area contributed by atoms with Crippen LogP contribution in [-0.4, -0.2) is 6.29 Å². The second-order valence-corrected chi connectivity index (χ2v) is 3.00. The van der Waals surface area contributed by atoms with Crippen molar-refractivity contribution < 1.29 is 4.79 Å². The van der Waals surface area contributed by atoms with Gasteiger partial charge in [-0.2, -0.15) is 0 Å². The van der Waals surface area contributed by atoms with Crippen LogP contribution in [0.25, 0.3) is 5.57 Å². The minimum Gasteiger partial charge on any atom is -0.303 e. The van der Waals surface area contributed by atoms with Crippen molar-refractivity contribution in [2.24, 2.45) is 0 Å². The van der Waals surface area contributed by atoms with E-state index in [9.17, 15) is 4.79 Å². The topological polar surface area (TPSA) is 17.1 Å². The van der Waals surface area contributed by atoms with Gasteiger partial charge in [0.1, 0.15) is 6.29 Å². The monoisotopic (exact) mass is 174 g/mol. The lowest BCUT2D eigenvalue weighted by atomic mass is 9.99.